The van der Waals surface area contributed by atoms with E-state index in [0.717, 1.165) is 29.7 Å². The Morgan fingerprint density at radius 1 is 1.23 bits per heavy atom. The molecule has 1 unspecified atom stereocenters. The zero-order chi connectivity index (χ0) is 21.1. The van der Waals surface area contributed by atoms with Gasteiger partial charge in [0.15, 0.2) is 0 Å². The quantitative estimate of drug-likeness (QED) is 0.653. The van der Waals surface area contributed by atoms with E-state index in [9.17, 15) is 4.79 Å². The van der Waals surface area contributed by atoms with Crippen molar-refractivity contribution in [3.8, 4) is 0 Å². The number of imidazole rings is 1. The molecule has 0 radical (unpaired) electrons. The molecule has 1 aliphatic heterocycles. The van der Waals surface area contributed by atoms with Gasteiger partial charge in [-0.1, -0.05) is 35.9 Å². The standard InChI is InChI=1S/C23H27ClN4O2/c1-23(2)15-27(11-12-30-23)21(17-7-9-18(24)10-8-17)13-25-22(29)14-28-16-26-19-5-3-4-6-20(19)28/h3-10,16,21H,11-15H2,1-2H3,(H,25,29). The Balaban J connectivity index is 1.47. The van der Waals surface area contributed by atoms with Crippen LogP contribution in [0, 0.1) is 0 Å². The Hall–Kier alpha value is -2.41. The first kappa shape index (κ1) is 20.8. The summed E-state index contributed by atoms with van der Waals surface area (Å²) in [6.45, 7) is 7.24. The van der Waals surface area contributed by atoms with E-state index in [4.69, 9.17) is 16.3 Å². The highest BCUT2D eigenvalue weighted by molar-refractivity contribution is 6.30. The number of aromatic nitrogens is 2. The number of hydrogen-bond donors (Lipinski definition) is 1. The van der Waals surface area contributed by atoms with Crippen LogP contribution in [0.3, 0.4) is 0 Å². The van der Waals surface area contributed by atoms with E-state index in [1.54, 1.807) is 6.33 Å². The minimum absolute atomic E-state index is 0.0374. The number of benzene rings is 2. The number of ether oxygens (including phenoxy) is 1. The molecular weight excluding hydrogens is 400 g/mol. The molecule has 0 saturated carbocycles. The number of carbonyl (C=O) groups is 1. The van der Waals surface area contributed by atoms with Gasteiger partial charge >= 0.3 is 0 Å². The van der Waals surface area contributed by atoms with Gasteiger partial charge in [0.25, 0.3) is 0 Å². The largest absolute Gasteiger partial charge is 0.373 e. The molecule has 1 amide bonds. The number of nitrogens with one attached hydrogen (secondary N) is 1. The second-order valence-electron chi connectivity index (χ2n) is 8.31. The Morgan fingerprint density at radius 3 is 2.77 bits per heavy atom. The topological polar surface area (TPSA) is 59.4 Å². The monoisotopic (exact) mass is 426 g/mol. The zero-order valence-electron chi connectivity index (χ0n) is 17.3. The van der Waals surface area contributed by atoms with Crippen LogP contribution in [0.5, 0.6) is 0 Å². The van der Waals surface area contributed by atoms with Crippen LogP contribution >= 0.6 is 11.6 Å². The van der Waals surface area contributed by atoms with Crippen LogP contribution in [0.1, 0.15) is 25.5 Å². The van der Waals surface area contributed by atoms with Crippen molar-refractivity contribution in [3.05, 3.63) is 65.4 Å². The van der Waals surface area contributed by atoms with Gasteiger partial charge in [-0.05, 0) is 43.7 Å². The van der Waals surface area contributed by atoms with E-state index >= 15 is 0 Å². The van der Waals surface area contributed by atoms with Gasteiger partial charge in [-0.15, -0.1) is 0 Å². The van der Waals surface area contributed by atoms with Crippen molar-refractivity contribution in [2.75, 3.05) is 26.2 Å². The van der Waals surface area contributed by atoms with E-state index in [2.05, 4.69) is 29.0 Å². The van der Waals surface area contributed by atoms with Gasteiger partial charge in [-0.2, -0.15) is 0 Å². The van der Waals surface area contributed by atoms with Crippen molar-refractivity contribution in [1.82, 2.24) is 19.8 Å². The van der Waals surface area contributed by atoms with E-state index in [-0.39, 0.29) is 24.1 Å². The molecule has 30 heavy (non-hydrogen) atoms. The van der Waals surface area contributed by atoms with Crippen molar-refractivity contribution < 1.29 is 9.53 Å². The first-order chi connectivity index (χ1) is 14.4. The van der Waals surface area contributed by atoms with Gasteiger partial charge in [0.1, 0.15) is 6.54 Å². The average Bonchev–Trinajstić information content (AvgIpc) is 3.12. The Labute approximate surface area is 181 Å². The van der Waals surface area contributed by atoms with Gasteiger partial charge in [0, 0.05) is 24.7 Å². The van der Waals surface area contributed by atoms with Gasteiger partial charge in [0.2, 0.25) is 5.91 Å². The second-order valence-corrected chi connectivity index (χ2v) is 8.75. The maximum atomic E-state index is 12.7. The normalized spacial score (nSPS) is 17.7. The highest BCUT2D eigenvalue weighted by Crippen LogP contribution is 2.27. The summed E-state index contributed by atoms with van der Waals surface area (Å²) in [4.78, 5) is 19.5. The molecule has 6 nitrogen and oxygen atoms in total. The first-order valence-electron chi connectivity index (χ1n) is 10.2. The predicted octanol–water partition coefficient (Wildman–Crippen LogP) is 3.66. The smallest absolute Gasteiger partial charge is 0.240 e. The fourth-order valence-corrected chi connectivity index (χ4v) is 4.15. The summed E-state index contributed by atoms with van der Waals surface area (Å²) in [6.07, 6.45) is 1.71. The Bertz CT molecular complexity index is 1020. The SMILES string of the molecule is CC1(C)CN(C(CNC(=O)Cn2cnc3ccccc32)c2ccc(Cl)cc2)CCO1. The molecule has 1 N–H and O–H groups in total. The Morgan fingerprint density at radius 2 is 2.00 bits per heavy atom. The molecule has 1 saturated heterocycles. The van der Waals surface area contributed by atoms with Crippen molar-refractivity contribution in [1.29, 1.82) is 0 Å². The first-order valence-corrected chi connectivity index (χ1v) is 10.6. The predicted molar refractivity (Wildman–Crippen MR) is 119 cm³/mol. The third-order valence-corrected chi connectivity index (χ3v) is 5.74. The number of hydrogen-bond acceptors (Lipinski definition) is 4. The summed E-state index contributed by atoms with van der Waals surface area (Å²) < 4.78 is 7.75. The second kappa shape index (κ2) is 8.76. The molecular formula is C23H27ClN4O2. The molecule has 1 aliphatic rings. The molecule has 2 aromatic carbocycles. The van der Waals surface area contributed by atoms with E-state index in [1.165, 1.54) is 0 Å². The molecule has 158 valence electrons. The minimum atomic E-state index is -0.220. The zero-order valence-corrected chi connectivity index (χ0v) is 18.1. The molecule has 3 aromatic rings. The van der Waals surface area contributed by atoms with Crippen molar-refractivity contribution in [2.24, 2.45) is 0 Å². The van der Waals surface area contributed by atoms with Gasteiger partial charge in [-0.25, -0.2) is 4.98 Å². The number of fused-ring (bicyclic) bond motifs is 1. The summed E-state index contributed by atoms with van der Waals surface area (Å²) in [6, 6.07) is 15.7. The lowest BCUT2D eigenvalue weighted by Gasteiger charge is -2.42. The average molecular weight is 427 g/mol. The molecule has 1 atom stereocenters. The van der Waals surface area contributed by atoms with Crippen molar-refractivity contribution >= 4 is 28.5 Å². The van der Waals surface area contributed by atoms with Crippen LogP contribution < -0.4 is 5.32 Å². The van der Waals surface area contributed by atoms with E-state index in [1.807, 2.05) is 53.1 Å². The lowest BCUT2D eigenvalue weighted by molar-refractivity contribution is -0.122. The fraction of sp³-hybridized carbons (Fsp3) is 0.391. The molecule has 7 heteroatoms. The molecule has 1 aromatic heterocycles. The summed E-state index contributed by atoms with van der Waals surface area (Å²) in [5.74, 6) is -0.0374. The summed E-state index contributed by atoms with van der Waals surface area (Å²) >= 11 is 6.09. The third-order valence-electron chi connectivity index (χ3n) is 5.48. The van der Waals surface area contributed by atoms with Gasteiger partial charge in [-0.3, -0.25) is 9.69 Å². The van der Waals surface area contributed by atoms with E-state index in [0.29, 0.717) is 18.2 Å². The number of halogens is 1. The summed E-state index contributed by atoms with van der Waals surface area (Å²) in [5, 5.41) is 3.82. The van der Waals surface area contributed by atoms with Crippen LogP contribution in [0.4, 0.5) is 0 Å². The number of nitrogens with zero attached hydrogens (tertiary/aromatic N) is 3. The van der Waals surface area contributed by atoms with Gasteiger partial charge < -0.3 is 14.6 Å². The number of morpholine rings is 1. The highest BCUT2D eigenvalue weighted by Gasteiger charge is 2.32. The molecule has 0 spiro atoms. The third kappa shape index (κ3) is 4.83. The number of carbonyl (C=O) groups excluding carboxylic acids is 1. The van der Waals surface area contributed by atoms with Crippen LogP contribution in [-0.2, 0) is 16.1 Å². The van der Waals surface area contributed by atoms with Crippen LogP contribution in [-0.4, -0.2) is 52.2 Å². The maximum absolute atomic E-state index is 12.7. The van der Waals surface area contributed by atoms with Gasteiger partial charge in [0.05, 0.1) is 35.6 Å². The lowest BCUT2D eigenvalue weighted by Crippen LogP contribution is -2.51. The van der Waals surface area contributed by atoms with Crippen LogP contribution in [0.15, 0.2) is 54.9 Å². The maximum Gasteiger partial charge on any atom is 0.240 e. The molecule has 0 bridgehead atoms. The fourth-order valence-electron chi connectivity index (χ4n) is 4.02. The number of rotatable bonds is 6. The molecule has 0 aliphatic carbocycles. The van der Waals surface area contributed by atoms with Crippen molar-refractivity contribution in [3.63, 3.8) is 0 Å². The van der Waals surface area contributed by atoms with E-state index < -0.39 is 0 Å². The highest BCUT2D eigenvalue weighted by atomic mass is 35.5. The minimum Gasteiger partial charge on any atom is -0.373 e. The van der Waals surface area contributed by atoms with Crippen LogP contribution in [0.25, 0.3) is 11.0 Å². The molecule has 2 heterocycles. The summed E-state index contributed by atoms with van der Waals surface area (Å²) in [7, 11) is 0. The van der Waals surface area contributed by atoms with Crippen LogP contribution in [0.2, 0.25) is 5.02 Å². The van der Waals surface area contributed by atoms with Crippen molar-refractivity contribution in [2.45, 2.75) is 32.0 Å². The lowest BCUT2D eigenvalue weighted by atomic mass is 10.0. The molecule has 1 fully saturated rings. The molecule has 4 rings (SSSR count). The summed E-state index contributed by atoms with van der Waals surface area (Å²) in [5.41, 5.74) is 2.75. The number of para-hydroxylation sites is 2. The Kier molecular flexibility index (Phi) is 6.09. The number of amides is 1.